The second-order valence-corrected chi connectivity index (χ2v) is 53.5. The fourth-order valence-electron chi connectivity index (χ4n) is 19.4. The minimum atomic E-state index is -2.32. The molecule has 0 amide bonds. The van der Waals surface area contributed by atoms with Gasteiger partial charge in [0.05, 0.1) is 97.8 Å². The minimum Gasteiger partial charge on any atom is -0.488 e. The predicted molar refractivity (Wildman–Crippen MR) is 545 cm³/mol. The fourth-order valence-corrected chi connectivity index (χ4v) is 21.5. The van der Waals surface area contributed by atoms with Crippen LogP contribution in [-0.2, 0) is 114 Å². The van der Waals surface area contributed by atoms with Gasteiger partial charge in [-0.15, -0.1) is 0 Å². The van der Waals surface area contributed by atoms with Crippen LogP contribution in [0.5, 0.6) is 11.5 Å². The summed E-state index contributed by atoms with van der Waals surface area (Å²) in [5.41, 5.74) is 6.95. The van der Waals surface area contributed by atoms with E-state index in [0.717, 1.165) is 166 Å². The maximum atomic E-state index is 16.2. The number of hydrogen-bond donors (Lipinski definition) is 0. The Morgan fingerprint density at radius 2 is 0.721 bits per heavy atom. The van der Waals surface area contributed by atoms with Gasteiger partial charge in [0, 0.05) is 14.5 Å². The van der Waals surface area contributed by atoms with Crippen LogP contribution in [-0.4, -0.2) is 120 Å². The largest absolute Gasteiger partial charge is 0.488 e. The highest BCUT2D eigenvalue weighted by molar-refractivity contribution is 6.76. The van der Waals surface area contributed by atoms with Gasteiger partial charge in [-0.3, -0.25) is 9.59 Å². The van der Waals surface area contributed by atoms with Gasteiger partial charge in [0.15, 0.2) is 8.32 Å². The summed E-state index contributed by atoms with van der Waals surface area (Å²) < 4.78 is 88.7. The molecule has 14 atom stereocenters. The number of carbonyl (C=O) groups is 4. The zero-order valence-electron chi connectivity index (χ0n) is 84.3. The van der Waals surface area contributed by atoms with E-state index in [0.29, 0.717) is 100 Å². The molecule has 4 heterocycles. The summed E-state index contributed by atoms with van der Waals surface area (Å²) >= 11 is 0. The van der Waals surface area contributed by atoms with Crippen molar-refractivity contribution < 1.29 is 80.4 Å². The van der Waals surface area contributed by atoms with Crippen LogP contribution >= 0.6 is 0 Å². The summed E-state index contributed by atoms with van der Waals surface area (Å²) in [4.78, 5) is 58.4. The molecule has 0 aliphatic carbocycles. The number of rotatable bonds is 52. The van der Waals surface area contributed by atoms with Gasteiger partial charge in [0.2, 0.25) is 0 Å². The zero-order valence-corrected chi connectivity index (χ0v) is 86.3. The predicted octanol–water partition coefficient (Wildman–Crippen LogP) is 27.5. The molecular formula is C117H160O17Si2. The second kappa shape index (κ2) is 52.6. The molecule has 4 fully saturated rings. The van der Waals surface area contributed by atoms with Crippen LogP contribution in [0.2, 0.25) is 43.8 Å². The zero-order chi connectivity index (χ0) is 96.5. The quantitative estimate of drug-likeness (QED) is 0.0199. The molecule has 17 nitrogen and oxygen atoms in total. The summed E-state index contributed by atoms with van der Waals surface area (Å²) in [6.45, 7) is 33.1. The molecule has 8 aromatic rings. The van der Waals surface area contributed by atoms with Crippen LogP contribution in [0.15, 0.2) is 218 Å². The van der Waals surface area contributed by atoms with E-state index < -0.39 is 51.5 Å². The van der Waals surface area contributed by atoms with Crippen molar-refractivity contribution in [2.45, 2.75) is 386 Å². The van der Waals surface area contributed by atoms with Crippen molar-refractivity contribution in [1.29, 1.82) is 0 Å². The Hall–Kier alpha value is -8.61. The normalized spacial score (nSPS) is 20.5. The Balaban J connectivity index is 0.749. The average Bonchev–Trinajstić information content (AvgIpc) is 0.850. The lowest BCUT2D eigenvalue weighted by molar-refractivity contribution is -0.176. The van der Waals surface area contributed by atoms with Gasteiger partial charge in [-0.05, 0) is 281 Å². The van der Waals surface area contributed by atoms with Gasteiger partial charge in [-0.2, -0.15) is 0 Å². The number of aryl methyl sites for hydroxylation is 2. The van der Waals surface area contributed by atoms with Crippen molar-refractivity contribution >= 4 is 40.3 Å². The Morgan fingerprint density at radius 1 is 0.375 bits per heavy atom. The highest BCUT2D eigenvalue weighted by atomic mass is 28.4. The van der Waals surface area contributed by atoms with E-state index in [1.807, 2.05) is 204 Å². The smallest absolute Gasteiger partial charge is 0.342 e. The van der Waals surface area contributed by atoms with Gasteiger partial charge < -0.3 is 61.3 Å². The van der Waals surface area contributed by atoms with Crippen molar-refractivity contribution in [3.63, 3.8) is 0 Å². The highest BCUT2D eigenvalue weighted by Gasteiger charge is 2.47. The molecule has 4 saturated heterocycles. The highest BCUT2D eigenvalue weighted by Crippen LogP contribution is 2.44. The summed E-state index contributed by atoms with van der Waals surface area (Å²) in [7, 11) is -3.79. The molecule has 0 N–H and O–H groups in total. The molecule has 4 aliphatic rings. The van der Waals surface area contributed by atoms with Crippen molar-refractivity contribution in [2.75, 3.05) is 6.61 Å². The number of carbonyl (C=O) groups excluding carboxylic acids is 4. The third-order valence-corrected chi connectivity index (χ3v) is 35.4. The first-order chi connectivity index (χ1) is 65.4. The van der Waals surface area contributed by atoms with E-state index in [-0.39, 0.29) is 110 Å². The minimum absolute atomic E-state index is 0.0153. The molecule has 0 radical (unpaired) electrons. The lowest BCUT2D eigenvalue weighted by Crippen LogP contribution is -2.47. The van der Waals surface area contributed by atoms with E-state index in [1.165, 1.54) is 0 Å². The standard InChI is InChI=1S/C117H160O17Si2/c1-85(69-71-97-61-37-59-95(129-97)57-33-53-93-55-35-65-103(125-81-89-45-25-17-26-46-89)109(93)111(118)122-73-74-135(10,11)12)105(77-101(123-79-87-41-21-15-22-42-87)75-99-63-39-67-107(131-99)116(6,7)113(120)127-83-91-49-29-19-30-50-91)133-112(119)110-94(56-36-66-104(110)126-82-90-47-27-18-28-48-90)54-34-58-96-60-38-62-98(130-96)72-70-86(2)106(134-136(13,14)115(3,4)5)78-102(124-80-88-43-23-16-24-44-88)76-100-64-40-68-108(132-100)117(8,9)114(121)128-84-92-51-31-20-32-52-92/h15-32,35-36,41-52,55-56,65-66,85-86,95-102,105-108H,33-34,37-40,53-54,57-64,67-84H2,1-14H3/t85-,86-,95-,96-,97-,98-,99-,100-,101-,102-,105+,106+,107+,108+/m0/s1. The molecule has 136 heavy (non-hydrogen) atoms. The van der Waals surface area contributed by atoms with Crippen LogP contribution in [0, 0.1) is 22.7 Å². The number of esters is 4. The Bertz CT molecular complexity index is 4870. The molecule has 8 aromatic carbocycles. The number of benzene rings is 8. The molecule has 0 saturated carbocycles. The maximum Gasteiger partial charge on any atom is 0.342 e. The van der Waals surface area contributed by atoms with Crippen molar-refractivity contribution in [1.82, 2.24) is 0 Å². The fraction of sp³-hybridized carbons (Fsp3) is 0.556. The van der Waals surface area contributed by atoms with Crippen LogP contribution in [0.1, 0.15) is 282 Å². The SMILES string of the molecule is C[C@@H](CC[C@@H]1CCC[C@H](CCCc2cccc(OCc3ccccc3)c2C(=O)OCC[Si](C)(C)C)O1)[C@@H](C[C@H](C[C@@H]1CCC[C@H](C(C)(C)C(=O)OCc2ccccc2)O1)OCc1ccccc1)OC(=O)c1c(CCC[C@H]2CCC[C@@H](CC[C@H](C)[C@@H](C[C@H](C[C@@H]3CCC[C@H](C(C)(C)C(=O)OCc4ccccc4)O3)OCc3ccccc3)O[Si](C)(C)C(C)(C)C)O2)cccc1OCc1ccccc1. The summed E-state index contributed by atoms with van der Waals surface area (Å²) in [5.74, 6) is -0.282. The van der Waals surface area contributed by atoms with Crippen LogP contribution in [0.25, 0.3) is 0 Å². The van der Waals surface area contributed by atoms with Gasteiger partial charge in [0.1, 0.15) is 55.2 Å². The van der Waals surface area contributed by atoms with E-state index in [4.69, 9.17) is 61.3 Å². The molecule has 4 aliphatic heterocycles. The first-order valence-corrected chi connectivity index (χ1v) is 58.0. The summed E-state index contributed by atoms with van der Waals surface area (Å²) in [6, 6.07) is 73.2. The summed E-state index contributed by atoms with van der Waals surface area (Å²) in [6.07, 6.45) is 18.7. The average molecular weight is 1890 g/mol. The van der Waals surface area contributed by atoms with Gasteiger partial charge >= 0.3 is 23.9 Å². The molecule has 0 spiro atoms. The first-order valence-electron chi connectivity index (χ1n) is 51.4. The Morgan fingerprint density at radius 3 is 1.11 bits per heavy atom. The third kappa shape index (κ3) is 33.6. The monoisotopic (exact) mass is 1890 g/mol. The Kier molecular flexibility index (Phi) is 41.1. The molecular weight excluding hydrogens is 1730 g/mol. The molecule has 0 bridgehead atoms. The van der Waals surface area contributed by atoms with Gasteiger partial charge in [-0.1, -0.05) is 261 Å². The third-order valence-electron chi connectivity index (χ3n) is 29.2. The molecule has 0 aromatic heterocycles. The van der Waals surface area contributed by atoms with E-state index in [9.17, 15) is 14.4 Å². The van der Waals surface area contributed by atoms with Crippen molar-refractivity contribution in [2.24, 2.45) is 22.7 Å². The molecule has 19 heteroatoms. The van der Waals surface area contributed by atoms with Gasteiger partial charge in [0.25, 0.3) is 0 Å². The molecule has 738 valence electrons. The van der Waals surface area contributed by atoms with E-state index >= 15 is 4.79 Å². The van der Waals surface area contributed by atoms with E-state index in [2.05, 4.69) is 110 Å². The second-order valence-electron chi connectivity index (χ2n) is 43.2. The number of ether oxygens (including phenoxy) is 12. The molecule has 0 unspecified atom stereocenters. The Labute approximate surface area is 816 Å². The van der Waals surface area contributed by atoms with Crippen molar-refractivity contribution in [3.05, 3.63) is 274 Å². The van der Waals surface area contributed by atoms with Gasteiger partial charge in [-0.25, -0.2) is 9.59 Å². The van der Waals surface area contributed by atoms with Crippen LogP contribution in [0.3, 0.4) is 0 Å². The lowest BCUT2D eigenvalue weighted by atomic mass is 9.81. The summed E-state index contributed by atoms with van der Waals surface area (Å²) in [5, 5.41) is -0.0261. The molecule has 12 rings (SSSR count). The topological polar surface area (TPSA) is 188 Å². The number of hydrogen-bond acceptors (Lipinski definition) is 17. The van der Waals surface area contributed by atoms with Crippen LogP contribution in [0.4, 0.5) is 0 Å². The van der Waals surface area contributed by atoms with Crippen molar-refractivity contribution in [3.8, 4) is 11.5 Å². The lowest BCUT2D eigenvalue weighted by Gasteiger charge is -2.43. The van der Waals surface area contributed by atoms with E-state index in [1.54, 1.807) is 0 Å². The maximum absolute atomic E-state index is 16.2. The van der Waals surface area contributed by atoms with Crippen LogP contribution < -0.4 is 9.47 Å². The first kappa shape index (κ1) is 106.